The SMILES string of the molecule is CC(CCO)Nc1ccc2nnnn2n1. The van der Waals surface area contributed by atoms with Crippen LogP contribution < -0.4 is 5.32 Å². The molecule has 2 N–H and O–H groups in total. The molecule has 0 saturated heterocycles. The Hall–Kier alpha value is -1.76. The minimum absolute atomic E-state index is 0.154. The lowest BCUT2D eigenvalue weighted by molar-refractivity contribution is 0.282. The molecule has 1 atom stereocenters. The number of aliphatic hydroxyl groups excluding tert-OH is 1. The molecule has 0 fully saturated rings. The van der Waals surface area contributed by atoms with Crippen LogP contribution in [0.5, 0.6) is 0 Å². The van der Waals surface area contributed by atoms with Gasteiger partial charge in [-0.05, 0) is 35.9 Å². The number of aliphatic hydroxyl groups is 1. The molecule has 0 spiro atoms. The quantitative estimate of drug-likeness (QED) is 0.717. The van der Waals surface area contributed by atoms with Crippen molar-refractivity contribution in [3.63, 3.8) is 0 Å². The fourth-order valence-electron chi connectivity index (χ4n) is 1.24. The van der Waals surface area contributed by atoms with Crippen LogP contribution in [0.15, 0.2) is 12.1 Å². The van der Waals surface area contributed by atoms with Crippen LogP contribution >= 0.6 is 0 Å². The molecule has 2 heterocycles. The predicted molar refractivity (Wildman–Crippen MR) is 53.4 cm³/mol. The van der Waals surface area contributed by atoms with Gasteiger partial charge in [0, 0.05) is 12.6 Å². The molecule has 0 aliphatic heterocycles. The highest BCUT2D eigenvalue weighted by molar-refractivity contribution is 5.42. The zero-order valence-electron chi connectivity index (χ0n) is 8.33. The van der Waals surface area contributed by atoms with Crippen LogP contribution in [0.25, 0.3) is 5.65 Å². The van der Waals surface area contributed by atoms with Gasteiger partial charge in [-0.3, -0.25) is 0 Å². The van der Waals surface area contributed by atoms with Gasteiger partial charge in [-0.25, -0.2) is 0 Å². The smallest absolute Gasteiger partial charge is 0.200 e. The van der Waals surface area contributed by atoms with Gasteiger partial charge in [0.1, 0.15) is 5.82 Å². The molecule has 0 aliphatic carbocycles. The summed E-state index contributed by atoms with van der Waals surface area (Å²) in [4.78, 5) is 0. The molecule has 0 saturated carbocycles. The number of hydrogen-bond donors (Lipinski definition) is 2. The third-order valence-electron chi connectivity index (χ3n) is 2.03. The van der Waals surface area contributed by atoms with E-state index >= 15 is 0 Å². The van der Waals surface area contributed by atoms with E-state index in [0.717, 1.165) is 0 Å². The van der Waals surface area contributed by atoms with E-state index in [1.807, 2.05) is 6.92 Å². The van der Waals surface area contributed by atoms with Gasteiger partial charge in [0.05, 0.1) is 0 Å². The zero-order chi connectivity index (χ0) is 10.7. The molecule has 0 radical (unpaired) electrons. The average molecular weight is 208 g/mol. The third-order valence-corrected chi connectivity index (χ3v) is 2.03. The number of tetrazole rings is 1. The van der Waals surface area contributed by atoms with Gasteiger partial charge in [0.15, 0.2) is 5.65 Å². The van der Waals surface area contributed by atoms with Crippen LogP contribution in [0.3, 0.4) is 0 Å². The second-order valence-corrected chi connectivity index (χ2v) is 3.30. The third kappa shape index (κ3) is 2.18. The van der Waals surface area contributed by atoms with Crippen molar-refractivity contribution in [2.24, 2.45) is 0 Å². The van der Waals surface area contributed by atoms with Gasteiger partial charge in [-0.1, -0.05) is 0 Å². The molecule has 80 valence electrons. The van der Waals surface area contributed by atoms with E-state index in [4.69, 9.17) is 5.11 Å². The summed E-state index contributed by atoms with van der Waals surface area (Å²) in [6.45, 7) is 2.13. The molecule has 0 aromatic carbocycles. The first-order valence-corrected chi connectivity index (χ1v) is 4.72. The number of rotatable bonds is 4. The highest BCUT2D eigenvalue weighted by Gasteiger charge is 2.04. The summed E-state index contributed by atoms with van der Waals surface area (Å²) >= 11 is 0. The van der Waals surface area contributed by atoms with Crippen LogP contribution in [0.4, 0.5) is 5.82 Å². The minimum atomic E-state index is 0.154. The highest BCUT2D eigenvalue weighted by Crippen LogP contribution is 2.06. The highest BCUT2D eigenvalue weighted by atomic mass is 16.3. The van der Waals surface area contributed by atoms with Crippen LogP contribution in [0.2, 0.25) is 0 Å². The van der Waals surface area contributed by atoms with Crippen LogP contribution in [0.1, 0.15) is 13.3 Å². The van der Waals surface area contributed by atoms with Crippen molar-refractivity contribution in [2.75, 3.05) is 11.9 Å². The van der Waals surface area contributed by atoms with Crippen molar-refractivity contribution in [2.45, 2.75) is 19.4 Å². The van der Waals surface area contributed by atoms with E-state index in [9.17, 15) is 0 Å². The second kappa shape index (κ2) is 4.18. The van der Waals surface area contributed by atoms with Crippen molar-refractivity contribution >= 4 is 11.5 Å². The number of fused-ring (bicyclic) bond motifs is 1. The second-order valence-electron chi connectivity index (χ2n) is 3.30. The van der Waals surface area contributed by atoms with E-state index in [0.29, 0.717) is 17.9 Å². The Morgan fingerprint density at radius 1 is 1.53 bits per heavy atom. The molecule has 2 aromatic heterocycles. The van der Waals surface area contributed by atoms with Crippen molar-refractivity contribution in [3.8, 4) is 0 Å². The summed E-state index contributed by atoms with van der Waals surface area (Å²) in [6, 6.07) is 3.75. The summed E-state index contributed by atoms with van der Waals surface area (Å²) in [7, 11) is 0. The summed E-state index contributed by atoms with van der Waals surface area (Å²) in [6.07, 6.45) is 0.676. The van der Waals surface area contributed by atoms with E-state index in [2.05, 4.69) is 25.9 Å². The Balaban J connectivity index is 2.14. The summed E-state index contributed by atoms with van der Waals surface area (Å²) in [5.41, 5.74) is 0.607. The van der Waals surface area contributed by atoms with Gasteiger partial charge < -0.3 is 10.4 Å². The van der Waals surface area contributed by atoms with E-state index in [1.165, 1.54) is 4.63 Å². The predicted octanol–water partition coefficient (Wildman–Crippen LogP) is -0.298. The Kier molecular flexibility index (Phi) is 2.72. The normalized spacial score (nSPS) is 12.9. The minimum Gasteiger partial charge on any atom is -0.396 e. The molecule has 0 bridgehead atoms. The number of aromatic nitrogens is 5. The van der Waals surface area contributed by atoms with Crippen molar-refractivity contribution in [1.29, 1.82) is 0 Å². The fourth-order valence-corrected chi connectivity index (χ4v) is 1.24. The van der Waals surface area contributed by atoms with Crippen LogP contribution in [-0.2, 0) is 0 Å². The van der Waals surface area contributed by atoms with E-state index < -0.39 is 0 Å². The maximum atomic E-state index is 8.76. The largest absolute Gasteiger partial charge is 0.396 e. The maximum Gasteiger partial charge on any atom is 0.200 e. The van der Waals surface area contributed by atoms with Crippen LogP contribution in [0, 0.1) is 0 Å². The lowest BCUT2D eigenvalue weighted by atomic mass is 10.2. The first-order valence-electron chi connectivity index (χ1n) is 4.72. The summed E-state index contributed by atoms with van der Waals surface area (Å²) < 4.78 is 1.36. The Morgan fingerprint density at radius 2 is 2.40 bits per heavy atom. The molecule has 7 nitrogen and oxygen atoms in total. The first kappa shape index (κ1) is 9.78. The van der Waals surface area contributed by atoms with Gasteiger partial charge in [0.25, 0.3) is 0 Å². The van der Waals surface area contributed by atoms with E-state index in [1.54, 1.807) is 12.1 Å². The number of anilines is 1. The Morgan fingerprint density at radius 3 is 3.20 bits per heavy atom. The van der Waals surface area contributed by atoms with Crippen molar-refractivity contribution in [1.82, 2.24) is 25.3 Å². The van der Waals surface area contributed by atoms with Crippen LogP contribution in [-0.4, -0.2) is 43.0 Å². The molecule has 7 heteroatoms. The lowest BCUT2D eigenvalue weighted by Gasteiger charge is -2.12. The summed E-state index contributed by atoms with van der Waals surface area (Å²) in [5.74, 6) is 0.691. The maximum absolute atomic E-state index is 8.76. The van der Waals surface area contributed by atoms with Gasteiger partial charge in [0.2, 0.25) is 0 Å². The number of hydrogen-bond acceptors (Lipinski definition) is 6. The molecule has 1 unspecified atom stereocenters. The van der Waals surface area contributed by atoms with Gasteiger partial charge in [-0.2, -0.15) is 0 Å². The average Bonchev–Trinajstić information content (AvgIpc) is 2.65. The van der Waals surface area contributed by atoms with Gasteiger partial charge in [-0.15, -0.1) is 14.8 Å². The summed E-state index contributed by atoms with van der Waals surface area (Å²) in [5, 5.41) is 27.0. The Bertz CT molecular complexity index is 441. The monoisotopic (exact) mass is 208 g/mol. The molecule has 0 aliphatic rings. The number of nitrogens with zero attached hydrogens (tertiary/aromatic N) is 5. The Labute approximate surface area is 86.1 Å². The molecular formula is C8H12N6O. The molecule has 0 amide bonds. The first-order chi connectivity index (χ1) is 7.29. The van der Waals surface area contributed by atoms with Gasteiger partial charge >= 0.3 is 0 Å². The standard InChI is InChI=1S/C8H12N6O/c1-6(4-5-15)9-7-2-3-8-10-12-13-14(8)11-7/h2-3,6,15H,4-5H2,1H3,(H,9,11). The molecule has 2 aromatic rings. The topological polar surface area (TPSA) is 88.2 Å². The fraction of sp³-hybridized carbons (Fsp3) is 0.500. The van der Waals surface area contributed by atoms with Crippen molar-refractivity contribution < 1.29 is 5.11 Å². The molecular weight excluding hydrogens is 196 g/mol. The molecule has 2 rings (SSSR count). The zero-order valence-corrected chi connectivity index (χ0v) is 8.33. The van der Waals surface area contributed by atoms with Crippen molar-refractivity contribution in [3.05, 3.63) is 12.1 Å². The number of nitrogens with one attached hydrogen (secondary N) is 1. The lowest BCUT2D eigenvalue weighted by Crippen LogP contribution is -2.18. The molecule has 15 heavy (non-hydrogen) atoms. The van der Waals surface area contributed by atoms with E-state index in [-0.39, 0.29) is 12.6 Å².